The number of halogens is 1. The maximum atomic E-state index is 12.3. The van der Waals surface area contributed by atoms with Crippen LogP contribution in [0.15, 0.2) is 59.1 Å². The first-order chi connectivity index (χ1) is 12.4. The van der Waals surface area contributed by atoms with Gasteiger partial charge in [0.05, 0.1) is 11.3 Å². The van der Waals surface area contributed by atoms with Crippen LogP contribution >= 0.6 is 15.9 Å². The first-order valence-electron chi connectivity index (χ1n) is 8.70. The van der Waals surface area contributed by atoms with Crippen LogP contribution in [0.25, 0.3) is 0 Å². The molecule has 0 aliphatic heterocycles. The largest absolute Gasteiger partial charge is 0.346 e. The molecule has 1 fully saturated rings. The van der Waals surface area contributed by atoms with Crippen LogP contribution in [-0.2, 0) is 26.6 Å². The summed E-state index contributed by atoms with van der Waals surface area (Å²) in [5.74, 6) is -0.828. The summed E-state index contributed by atoms with van der Waals surface area (Å²) in [5, 5.41) is 2.93. The Morgan fingerprint density at radius 2 is 1.69 bits per heavy atom. The zero-order valence-corrected chi connectivity index (χ0v) is 16.9. The van der Waals surface area contributed by atoms with E-state index < -0.39 is 27.0 Å². The van der Waals surface area contributed by atoms with E-state index in [1.54, 1.807) is 0 Å². The number of amides is 1. The van der Waals surface area contributed by atoms with Crippen molar-refractivity contribution in [3.63, 3.8) is 0 Å². The zero-order chi connectivity index (χ0) is 18.6. The number of sulfone groups is 1. The molecule has 2 aromatic carbocycles. The van der Waals surface area contributed by atoms with Gasteiger partial charge in [0, 0.05) is 4.47 Å². The Morgan fingerprint density at radius 1 is 1.04 bits per heavy atom. The molecule has 0 unspecified atom stereocenters. The Hall–Kier alpha value is -1.66. The molecule has 4 nitrogen and oxygen atoms in total. The van der Waals surface area contributed by atoms with Crippen LogP contribution in [0.1, 0.15) is 30.4 Å². The van der Waals surface area contributed by atoms with Gasteiger partial charge in [-0.25, -0.2) is 8.42 Å². The predicted molar refractivity (Wildman–Crippen MR) is 107 cm³/mol. The van der Waals surface area contributed by atoms with E-state index in [0.29, 0.717) is 12.8 Å². The summed E-state index contributed by atoms with van der Waals surface area (Å²) in [6, 6.07) is 17.6. The van der Waals surface area contributed by atoms with Crippen LogP contribution in [0.3, 0.4) is 0 Å². The standard InChI is InChI=1S/C20H22BrNO3S/c21-18-10-8-17(9-11-18)20(12-13-20)22-19(23)15-26(24,25)14-4-7-16-5-2-1-3-6-16/h1-3,5-6,8-11H,4,7,12-15H2,(H,22,23). The van der Waals surface area contributed by atoms with Gasteiger partial charge in [-0.2, -0.15) is 0 Å². The SMILES string of the molecule is O=C(CS(=O)(=O)CCCc1ccccc1)NC1(c2ccc(Br)cc2)CC1. The first-order valence-corrected chi connectivity index (χ1v) is 11.3. The molecule has 1 N–H and O–H groups in total. The van der Waals surface area contributed by atoms with Gasteiger partial charge in [0.2, 0.25) is 5.91 Å². The molecule has 1 aliphatic carbocycles. The summed E-state index contributed by atoms with van der Waals surface area (Å²) >= 11 is 3.40. The van der Waals surface area contributed by atoms with Gasteiger partial charge in [-0.05, 0) is 48.9 Å². The third-order valence-electron chi connectivity index (χ3n) is 4.64. The van der Waals surface area contributed by atoms with Gasteiger partial charge >= 0.3 is 0 Å². The van der Waals surface area contributed by atoms with Crippen LogP contribution in [0.2, 0.25) is 0 Å². The lowest BCUT2D eigenvalue weighted by Crippen LogP contribution is -2.39. The van der Waals surface area contributed by atoms with E-state index >= 15 is 0 Å². The molecule has 0 heterocycles. The smallest absolute Gasteiger partial charge is 0.235 e. The average Bonchev–Trinajstić information content (AvgIpc) is 3.36. The number of nitrogens with one attached hydrogen (secondary N) is 1. The quantitative estimate of drug-likeness (QED) is 0.688. The molecule has 1 aliphatic rings. The van der Waals surface area contributed by atoms with E-state index in [1.165, 1.54) is 0 Å². The van der Waals surface area contributed by atoms with Crippen LogP contribution in [0.5, 0.6) is 0 Å². The number of carbonyl (C=O) groups excluding carboxylic acids is 1. The summed E-state index contributed by atoms with van der Waals surface area (Å²) in [6.07, 6.45) is 2.91. The van der Waals surface area contributed by atoms with Crippen molar-refractivity contribution in [3.8, 4) is 0 Å². The molecule has 2 aromatic rings. The molecule has 1 amide bonds. The summed E-state index contributed by atoms with van der Waals surface area (Å²) in [4.78, 5) is 12.3. The molecule has 26 heavy (non-hydrogen) atoms. The van der Waals surface area contributed by atoms with Crippen LogP contribution < -0.4 is 5.32 Å². The van der Waals surface area contributed by atoms with Gasteiger partial charge in [0.1, 0.15) is 5.75 Å². The van der Waals surface area contributed by atoms with Crippen molar-refractivity contribution in [2.75, 3.05) is 11.5 Å². The van der Waals surface area contributed by atoms with Crippen molar-refractivity contribution in [3.05, 3.63) is 70.2 Å². The number of aryl methyl sites for hydroxylation is 1. The Morgan fingerprint density at radius 3 is 2.31 bits per heavy atom. The second-order valence-corrected chi connectivity index (χ2v) is 9.92. The fourth-order valence-corrected chi connectivity index (χ4v) is 4.56. The van der Waals surface area contributed by atoms with E-state index in [0.717, 1.165) is 28.4 Å². The monoisotopic (exact) mass is 435 g/mol. The highest BCUT2D eigenvalue weighted by Gasteiger charge is 2.45. The van der Waals surface area contributed by atoms with Crippen molar-refractivity contribution in [1.82, 2.24) is 5.32 Å². The molecule has 0 aromatic heterocycles. The van der Waals surface area contributed by atoms with Gasteiger partial charge in [-0.3, -0.25) is 4.79 Å². The molecule has 6 heteroatoms. The molecular weight excluding hydrogens is 414 g/mol. The molecule has 0 bridgehead atoms. The third-order valence-corrected chi connectivity index (χ3v) is 6.78. The number of rotatable bonds is 8. The second kappa shape index (κ2) is 7.92. The summed E-state index contributed by atoms with van der Waals surface area (Å²) in [7, 11) is -3.40. The minimum absolute atomic E-state index is 0.0284. The molecule has 138 valence electrons. The number of carbonyl (C=O) groups is 1. The van der Waals surface area contributed by atoms with E-state index in [2.05, 4.69) is 21.2 Å². The van der Waals surface area contributed by atoms with Crippen molar-refractivity contribution in [2.45, 2.75) is 31.2 Å². The zero-order valence-electron chi connectivity index (χ0n) is 14.4. The van der Waals surface area contributed by atoms with E-state index in [-0.39, 0.29) is 5.75 Å². The minimum atomic E-state index is -3.40. The first kappa shape index (κ1) is 19.1. The molecule has 3 rings (SSSR count). The van der Waals surface area contributed by atoms with Crippen molar-refractivity contribution in [1.29, 1.82) is 0 Å². The van der Waals surface area contributed by atoms with Crippen molar-refractivity contribution in [2.24, 2.45) is 0 Å². The predicted octanol–water partition coefficient (Wildman–Crippen LogP) is 3.60. The van der Waals surface area contributed by atoms with Gasteiger partial charge < -0.3 is 5.32 Å². The molecule has 0 radical (unpaired) electrons. The maximum absolute atomic E-state index is 12.3. The molecule has 0 atom stereocenters. The second-order valence-electron chi connectivity index (χ2n) is 6.82. The lowest BCUT2D eigenvalue weighted by atomic mass is 10.1. The Bertz CT molecular complexity index is 860. The highest BCUT2D eigenvalue weighted by Crippen LogP contribution is 2.45. The highest BCUT2D eigenvalue weighted by atomic mass is 79.9. The Kier molecular flexibility index (Phi) is 5.82. The van der Waals surface area contributed by atoms with Crippen molar-refractivity contribution >= 4 is 31.7 Å². The fourth-order valence-electron chi connectivity index (χ4n) is 3.10. The Labute approximate surface area is 163 Å². The van der Waals surface area contributed by atoms with Gasteiger partial charge in [0.15, 0.2) is 9.84 Å². The highest BCUT2D eigenvalue weighted by molar-refractivity contribution is 9.10. The van der Waals surface area contributed by atoms with E-state index in [9.17, 15) is 13.2 Å². The van der Waals surface area contributed by atoms with Crippen LogP contribution in [-0.4, -0.2) is 25.8 Å². The number of hydrogen-bond donors (Lipinski definition) is 1. The van der Waals surface area contributed by atoms with Crippen molar-refractivity contribution < 1.29 is 13.2 Å². The molecule has 0 saturated heterocycles. The van der Waals surface area contributed by atoms with Crippen LogP contribution in [0, 0.1) is 0 Å². The topological polar surface area (TPSA) is 63.2 Å². The molecule has 0 spiro atoms. The maximum Gasteiger partial charge on any atom is 0.235 e. The summed E-state index contributed by atoms with van der Waals surface area (Å²) < 4.78 is 25.5. The van der Waals surface area contributed by atoms with E-state index in [1.807, 2.05) is 54.6 Å². The van der Waals surface area contributed by atoms with Gasteiger partial charge in [-0.1, -0.05) is 58.4 Å². The third kappa shape index (κ3) is 5.17. The van der Waals surface area contributed by atoms with Gasteiger partial charge in [-0.15, -0.1) is 0 Å². The molecule has 1 saturated carbocycles. The summed E-state index contributed by atoms with van der Waals surface area (Å²) in [6.45, 7) is 0. The van der Waals surface area contributed by atoms with Crippen LogP contribution in [0.4, 0.5) is 0 Å². The minimum Gasteiger partial charge on any atom is -0.346 e. The average molecular weight is 436 g/mol. The number of hydrogen-bond acceptors (Lipinski definition) is 3. The normalized spacial score (nSPS) is 15.4. The lowest BCUT2D eigenvalue weighted by Gasteiger charge is -2.18. The lowest BCUT2D eigenvalue weighted by molar-refractivity contribution is -0.119. The number of benzene rings is 2. The molecular formula is C20H22BrNO3S. The fraction of sp³-hybridized carbons (Fsp3) is 0.350. The Balaban J connectivity index is 1.51. The summed E-state index contributed by atoms with van der Waals surface area (Å²) in [5.41, 5.74) is 1.74. The van der Waals surface area contributed by atoms with Gasteiger partial charge in [0.25, 0.3) is 0 Å². The van der Waals surface area contributed by atoms with E-state index in [4.69, 9.17) is 0 Å².